The number of rotatable bonds is 7. The highest BCUT2D eigenvalue weighted by Gasteiger charge is 2.19. The number of carbonyl (C=O) groups excluding carboxylic acids is 2. The summed E-state index contributed by atoms with van der Waals surface area (Å²) in [5.74, 6) is -1.89. The third kappa shape index (κ3) is 6.80. The molecule has 0 aliphatic heterocycles. The van der Waals surface area contributed by atoms with Crippen molar-refractivity contribution in [1.82, 2.24) is 5.32 Å². The Bertz CT molecular complexity index is 276. The van der Waals surface area contributed by atoms with Crippen LogP contribution in [-0.4, -0.2) is 28.9 Å². The van der Waals surface area contributed by atoms with E-state index in [2.05, 4.69) is 5.32 Å². The summed E-state index contributed by atoms with van der Waals surface area (Å²) >= 11 is 0. The number of nitrogens with one attached hydrogen (secondary N) is 1. The second kappa shape index (κ2) is 6.81. The second-order valence-corrected chi connectivity index (χ2v) is 4.05. The second-order valence-electron chi connectivity index (χ2n) is 4.05. The first kappa shape index (κ1) is 14.4. The summed E-state index contributed by atoms with van der Waals surface area (Å²) in [5, 5.41) is 10.8. The molecule has 16 heavy (non-hydrogen) atoms. The Morgan fingerprint density at radius 1 is 1.25 bits per heavy atom. The van der Waals surface area contributed by atoms with Crippen LogP contribution in [0.2, 0.25) is 0 Å². The van der Waals surface area contributed by atoms with Gasteiger partial charge >= 0.3 is 5.97 Å². The quantitative estimate of drug-likeness (QED) is 0.565. The molecule has 4 N–H and O–H groups in total. The molecule has 0 heterocycles. The number of nitrogens with two attached hydrogens (primary N) is 1. The fraction of sp³-hybridized carbons (Fsp3) is 0.700. The minimum absolute atomic E-state index is 0.142. The summed E-state index contributed by atoms with van der Waals surface area (Å²) in [6, 6.07) is -0.721. The minimum atomic E-state index is -1.05. The van der Waals surface area contributed by atoms with Gasteiger partial charge in [0, 0.05) is 6.42 Å². The molecule has 0 aromatic carbocycles. The summed E-state index contributed by atoms with van der Waals surface area (Å²) < 4.78 is 0. The van der Waals surface area contributed by atoms with Crippen LogP contribution in [0.25, 0.3) is 0 Å². The number of carbonyl (C=O) groups is 3. The summed E-state index contributed by atoms with van der Waals surface area (Å²) in [7, 11) is 0. The highest BCUT2D eigenvalue weighted by Crippen LogP contribution is 2.04. The molecule has 0 aromatic rings. The smallest absolute Gasteiger partial charge is 0.303 e. The Hall–Kier alpha value is -1.59. The number of aliphatic carboxylic acids is 1. The van der Waals surface area contributed by atoms with Crippen LogP contribution < -0.4 is 11.1 Å². The van der Waals surface area contributed by atoms with Gasteiger partial charge in [-0.25, -0.2) is 0 Å². The van der Waals surface area contributed by atoms with E-state index in [1.165, 1.54) is 0 Å². The van der Waals surface area contributed by atoms with Crippen LogP contribution in [0.3, 0.4) is 0 Å². The fourth-order valence-electron chi connectivity index (χ4n) is 1.20. The Morgan fingerprint density at radius 3 is 2.19 bits per heavy atom. The van der Waals surface area contributed by atoms with Gasteiger partial charge in [0.1, 0.15) is 6.04 Å². The van der Waals surface area contributed by atoms with Crippen molar-refractivity contribution in [3.8, 4) is 0 Å². The summed E-state index contributed by atoms with van der Waals surface area (Å²) in [5.41, 5.74) is 5.12. The standard InChI is InChI=1S/C10H18N2O4/c1-6(2)5-7(10(11)16)12-8(13)3-4-9(14)15/h6-7H,3-5H2,1-2H3,(H2,11,16)(H,12,13)(H,14,15)/t7-/m0/s1. The summed E-state index contributed by atoms with van der Waals surface area (Å²) in [6.45, 7) is 3.80. The molecule has 6 nitrogen and oxygen atoms in total. The highest BCUT2D eigenvalue weighted by molar-refractivity contribution is 5.87. The number of carboxylic acids is 1. The molecule has 0 aliphatic rings. The molecule has 0 aromatic heterocycles. The lowest BCUT2D eigenvalue weighted by Crippen LogP contribution is -2.45. The van der Waals surface area contributed by atoms with Crippen molar-refractivity contribution in [3.63, 3.8) is 0 Å². The van der Waals surface area contributed by atoms with E-state index in [1.807, 2.05) is 13.8 Å². The molecule has 0 saturated carbocycles. The summed E-state index contributed by atoms with van der Waals surface area (Å²) in [4.78, 5) is 32.5. The first-order valence-corrected chi connectivity index (χ1v) is 5.13. The summed E-state index contributed by atoms with van der Waals surface area (Å²) in [6.07, 6.45) is 0.0599. The molecule has 0 fully saturated rings. The zero-order chi connectivity index (χ0) is 12.7. The maximum atomic E-state index is 11.3. The van der Waals surface area contributed by atoms with Crippen molar-refractivity contribution in [1.29, 1.82) is 0 Å². The van der Waals surface area contributed by atoms with E-state index in [0.717, 1.165) is 0 Å². The van der Waals surface area contributed by atoms with Gasteiger partial charge in [0.25, 0.3) is 0 Å². The predicted octanol–water partition coefficient (Wildman–Crippen LogP) is -0.133. The van der Waals surface area contributed by atoms with Crippen LogP contribution in [0.15, 0.2) is 0 Å². The van der Waals surface area contributed by atoms with Crippen LogP contribution in [0.4, 0.5) is 0 Å². The van der Waals surface area contributed by atoms with Crippen LogP contribution in [0, 0.1) is 5.92 Å². The molecule has 0 spiro atoms. The van der Waals surface area contributed by atoms with Crippen molar-refractivity contribution < 1.29 is 19.5 Å². The molecule has 6 heteroatoms. The third-order valence-corrected chi connectivity index (χ3v) is 1.95. The van der Waals surface area contributed by atoms with Gasteiger partial charge in [-0.1, -0.05) is 13.8 Å². The lowest BCUT2D eigenvalue weighted by Gasteiger charge is -2.17. The van der Waals surface area contributed by atoms with Crippen molar-refractivity contribution in [3.05, 3.63) is 0 Å². The number of carboxylic acid groups (broad SMARTS) is 1. The first-order valence-electron chi connectivity index (χ1n) is 5.13. The number of hydrogen-bond donors (Lipinski definition) is 3. The van der Waals surface area contributed by atoms with Gasteiger partial charge in [0.2, 0.25) is 11.8 Å². The van der Waals surface area contributed by atoms with Crippen LogP contribution in [0.5, 0.6) is 0 Å². The molecule has 0 unspecified atom stereocenters. The average Bonchev–Trinajstić information content (AvgIpc) is 2.12. The number of primary amides is 1. The van der Waals surface area contributed by atoms with E-state index in [9.17, 15) is 14.4 Å². The van der Waals surface area contributed by atoms with Crippen molar-refractivity contribution in [2.45, 2.75) is 39.2 Å². The first-order chi connectivity index (χ1) is 7.32. The lowest BCUT2D eigenvalue weighted by molar-refractivity contribution is -0.139. The monoisotopic (exact) mass is 230 g/mol. The largest absolute Gasteiger partial charge is 0.481 e. The van der Waals surface area contributed by atoms with Crippen LogP contribution >= 0.6 is 0 Å². The number of amides is 2. The molecule has 92 valence electrons. The SMILES string of the molecule is CC(C)C[C@H](NC(=O)CCC(=O)O)C(N)=O. The number of hydrogen-bond acceptors (Lipinski definition) is 3. The molecule has 0 aliphatic carbocycles. The van der Waals surface area contributed by atoms with E-state index in [4.69, 9.17) is 10.8 Å². The molecule has 2 amide bonds. The van der Waals surface area contributed by atoms with Crippen LogP contribution in [-0.2, 0) is 14.4 Å². The fourth-order valence-corrected chi connectivity index (χ4v) is 1.20. The normalized spacial score (nSPS) is 12.2. The lowest BCUT2D eigenvalue weighted by atomic mass is 10.0. The minimum Gasteiger partial charge on any atom is -0.481 e. The van der Waals surface area contributed by atoms with Crippen molar-refractivity contribution in [2.24, 2.45) is 11.7 Å². The van der Waals surface area contributed by atoms with E-state index < -0.39 is 23.8 Å². The van der Waals surface area contributed by atoms with E-state index >= 15 is 0 Å². The van der Waals surface area contributed by atoms with E-state index in [0.29, 0.717) is 6.42 Å². The Morgan fingerprint density at radius 2 is 1.81 bits per heavy atom. The zero-order valence-corrected chi connectivity index (χ0v) is 9.53. The molecule has 0 radical (unpaired) electrons. The maximum Gasteiger partial charge on any atom is 0.303 e. The molecular weight excluding hydrogens is 212 g/mol. The molecular formula is C10H18N2O4. The van der Waals surface area contributed by atoms with Gasteiger partial charge in [-0.2, -0.15) is 0 Å². The molecule has 0 saturated heterocycles. The van der Waals surface area contributed by atoms with Crippen molar-refractivity contribution in [2.75, 3.05) is 0 Å². The average molecular weight is 230 g/mol. The van der Waals surface area contributed by atoms with E-state index in [-0.39, 0.29) is 18.8 Å². The Balaban J connectivity index is 4.13. The maximum absolute atomic E-state index is 11.3. The van der Waals surface area contributed by atoms with Gasteiger partial charge in [-0.3, -0.25) is 14.4 Å². The molecule has 0 bridgehead atoms. The van der Waals surface area contributed by atoms with Crippen molar-refractivity contribution >= 4 is 17.8 Å². The molecule has 1 atom stereocenters. The Labute approximate surface area is 94.2 Å². The molecule has 0 rings (SSSR count). The van der Waals surface area contributed by atoms with Gasteiger partial charge in [-0.15, -0.1) is 0 Å². The highest BCUT2D eigenvalue weighted by atomic mass is 16.4. The van der Waals surface area contributed by atoms with Gasteiger partial charge in [0.15, 0.2) is 0 Å². The van der Waals surface area contributed by atoms with Gasteiger partial charge in [-0.05, 0) is 12.3 Å². The van der Waals surface area contributed by atoms with Crippen LogP contribution in [0.1, 0.15) is 33.1 Å². The topological polar surface area (TPSA) is 109 Å². The third-order valence-electron chi connectivity index (χ3n) is 1.95. The Kier molecular flexibility index (Phi) is 6.14. The predicted molar refractivity (Wildman–Crippen MR) is 57.4 cm³/mol. The van der Waals surface area contributed by atoms with Gasteiger partial charge in [0.05, 0.1) is 6.42 Å². The van der Waals surface area contributed by atoms with Gasteiger partial charge < -0.3 is 16.2 Å². The zero-order valence-electron chi connectivity index (χ0n) is 9.53. The van der Waals surface area contributed by atoms with E-state index in [1.54, 1.807) is 0 Å².